The van der Waals surface area contributed by atoms with E-state index in [1.807, 2.05) is 48.0 Å². The number of anilines is 1. The molecule has 1 fully saturated rings. The van der Waals surface area contributed by atoms with E-state index in [-0.39, 0.29) is 11.8 Å². The number of amides is 1. The average Bonchev–Trinajstić information content (AvgIpc) is 3.41. The second-order valence-electron chi connectivity index (χ2n) is 9.10. The van der Waals surface area contributed by atoms with Crippen LogP contribution in [0.4, 0.5) is 5.69 Å². The number of hydrogen-bond acceptors (Lipinski definition) is 4. The highest BCUT2D eigenvalue weighted by atomic mass is 32.1. The molecule has 1 amide bonds. The maximum absolute atomic E-state index is 13.8. The summed E-state index contributed by atoms with van der Waals surface area (Å²) < 4.78 is 10.3. The smallest absolute Gasteiger partial charge is 0.328 e. The zero-order valence-electron chi connectivity index (χ0n) is 20.8. The van der Waals surface area contributed by atoms with E-state index >= 15 is 0 Å². The fourth-order valence-electron chi connectivity index (χ4n) is 4.70. The van der Waals surface area contributed by atoms with Gasteiger partial charge in [0.1, 0.15) is 0 Å². The molecule has 3 aromatic carbocycles. The van der Waals surface area contributed by atoms with Gasteiger partial charge in [-0.2, -0.15) is 0 Å². The van der Waals surface area contributed by atoms with Crippen molar-refractivity contribution in [3.05, 3.63) is 89.4 Å². The monoisotopic (exact) mass is 497 g/mol. The molecule has 0 radical (unpaired) electrons. The number of thiazole rings is 1. The van der Waals surface area contributed by atoms with Crippen LogP contribution < -0.4 is 4.90 Å². The number of fused-ring (bicyclic) bond motifs is 1. The number of carboxylic acid groups (broad SMARTS) is 1. The highest BCUT2D eigenvalue weighted by Crippen LogP contribution is 2.30. The maximum Gasteiger partial charge on any atom is 0.328 e. The zero-order chi connectivity index (χ0) is 25.8. The first kappa shape index (κ1) is 22.7. The number of carbonyl (C=O) groups excluding carboxylic acids is 1. The lowest BCUT2D eigenvalue weighted by atomic mass is 9.88. The Balaban J connectivity index is 1.46. The second-order valence-corrected chi connectivity index (χ2v) is 9.98. The van der Waals surface area contributed by atoms with Crippen LogP contribution >= 0.6 is 11.3 Å². The Hall–Kier alpha value is -3.77. The number of benzene rings is 3. The standard InChI is InChI=1S/C30H28N2O3S/c33-29(34)16-11-21-5-4-8-26(17-21)32(30(35)24-6-2-1-3-7-24)19-22-9-12-23(13-10-22)25-14-15-27-28(18-25)36-20-31-27/h4-5,8-18,20,24H,1-3,6-7,19H2,(H,33,34)/b16-11+/i19D. The summed E-state index contributed by atoms with van der Waals surface area (Å²) in [5.74, 6) is -1.18. The van der Waals surface area contributed by atoms with Crippen LogP contribution in [-0.4, -0.2) is 22.0 Å². The van der Waals surface area contributed by atoms with Gasteiger partial charge in [-0.05, 0) is 65.4 Å². The van der Waals surface area contributed by atoms with Crippen molar-refractivity contribution in [2.75, 3.05) is 4.90 Å². The number of carbonyl (C=O) groups is 2. The van der Waals surface area contributed by atoms with Gasteiger partial charge in [-0.25, -0.2) is 9.78 Å². The molecule has 1 aliphatic carbocycles. The molecule has 1 heterocycles. The van der Waals surface area contributed by atoms with Gasteiger partial charge in [0.2, 0.25) is 5.91 Å². The summed E-state index contributed by atoms with van der Waals surface area (Å²) in [6, 6.07) is 21.2. The molecule has 1 atom stereocenters. The van der Waals surface area contributed by atoms with Crippen molar-refractivity contribution in [3.63, 3.8) is 0 Å². The predicted molar refractivity (Wildman–Crippen MR) is 146 cm³/mol. The third-order valence-electron chi connectivity index (χ3n) is 6.61. The Morgan fingerprint density at radius 2 is 1.81 bits per heavy atom. The van der Waals surface area contributed by atoms with E-state index in [4.69, 9.17) is 6.48 Å². The molecule has 0 spiro atoms. The number of rotatable bonds is 7. The molecule has 6 heteroatoms. The maximum atomic E-state index is 13.8. The summed E-state index contributed by atoms with van der Waals surface area (Å²) in [6.07, 6.45) is 7.42. The van der Waals surface area contributed by atoms with Crippen LogP contribution in [0, 0.1) is 5.92 Å². The summed E-state index contributed by atoms with van der Waals surface area (Å²) >= 11 is 1.61. The molecule has 1 aliphatic rings. The summed E-state index contributed by atoms with van der Waals surface area (Å²) in [6.45, 7) is -0.925. The Bertz CT molecular complexity index is 1440. The molecular formula is C30H28N2O3S. The van der Waals surface area contributed by atoms with Crippen LogP contribution in [0.1, 0.15) is 44.6 Å². The van der Waals surface area contributed by atoms with Gasteiger partial charge >= 0.3 is 5.97 Å². The van der Waals surface area contributed by atoms with Crippen molar-refractivity contribution >= 4 is 45.2 Å². The molecule has 36 heavy (non-hydrogen) atoms. The van der Waals surface area contributed by atoms with Gasteiger partial charge in [-0.3, -0.25) is 4.79 Å². The van der Waals surface area contributed by atoms with Crippen molar-refractivity contribution in [2.45, 2.75) is 38.6 Å². The number of aliphatic carboxylic acids is 1. The van der Waals surface area contributed by atoms with Crippen molar-refractivity contribution in [1.82, 2.24) is 4.98 Å². The van der Waals surface area contributed by atoms with Gasteiger partial charge in [0.15, 0.2) is 0 Å². The highest BCUT2D eigenvalue weighted by Gasteiger charge is 2.27. The molecule has 182 valence electrons. The Morgan fingerprint density at radius 3 is 2.58 bits per heavy atom. The van der Waals surface area contributed by atoms with Crippen LogP contribution in [0.5, 0.6) is 0 Å². The average molecular weight is 498 g/mol. The topological polar surface area (TPSA) is 70.5 Å². The Morgan fingerprint density at radius 1 is 1.03 bits per heavy atom. The number of nitrogens with zero attached hydrogens (tertiary/aromatic N) is 2. The first-order chi connectivity index (χ1) is 18.0. The molecule has 0 aliphatic heterocycles. The van der Waals surface area contributed by atoms with Gasteiger partial charge in [0, 0.05) is 17.7 Å². The van der Waals surface area contributed by atoms with E-state index in [2.05, 4.69) is 11.1 Å². The van der Waals surface area contributed by atoms with Gasteiger partial charge in [-0.15, -0.1) is 11.3 Å². The van der Waals surface area contributed by atoms with E-state index in [1.54, 1.807) is 34.4 Å². The molecule has 0 saturated heterocycles. The molecule has 5 nitrogen and oxygen atoms in total. The lowest BCUT2D eigenvalue weighted by molar-refractivity contribution is -0.131. The SMILES string of the molecule is [2H]C(c1ccc(-c2ccc3ncsc3c2)cc1)N(C(=O)C1CCCCC1)c1cccc(/C=C/C(=O)O)c1. The third kappa shape index (κ3) is 5.55. The first-order valence-electron chi connectivity index (χ1n) is 12.8. The number of carboxylic acids is 1. The largest absolute Gasteiger partial charge is 0.478 e. The fourth-order valence-corrected chi connectivity index (χ4v) is 5.42. The quantitative estimate of drug-likeness (QED) is 0.275. The molecule has 1 unspecified atom stereocenters. The Kier molecular flexibility index (Phi) is 6.85. The lowest BCUT2D eigenvalue weighted by Crippen LogP contribution is -2.36. The van der Waals surface area contributed by atoms with Crippen molar-refractivity contribution < 1.29 is 16.1 Å². The minimum Gasteiger partial charge on any atom is -0.478 e. The highest BCUT2D eigenvalue weighted by molar-refractivity contribution is 7.16. The predicted octanol–water partition coefficient (Wildman–Crippen LogP) is 7.17. The zero-order valence-corrected chi connectivity index (χ0v) is 20.7. The Labute approximate surface area is 216 Å². The van der Waals surface area contributed by atoms with Gasteiger partial charge in [0.25, 0.3) is 0 Å². The van der Waals surface area contributed by atoms with Crippen LogP contribution in [0.3, 0.4) is 0 Å². The summed E-state index contributed by atoms with van der Waals surface area (Å²) in [4.78, 5) is 30.7. The van der Waals surface area contributed by atoms with Crippen molar-refractivity contribution in [2.24, 2.45) is 5.92 Å². The summed E-state index contributed by atoms with van der Waals surface area (Å²) in [5, 5.41) is 9.01. The normalized spacial score (nSPS) is 15.6. The van der Waals surface area contributed by atoms with Gasteiger partial charge < -0.3 is 10.0 Å². The third-order valence-corrected chi connectivity index (χ3v) is 7.40. The van der Waals surface area contributed by atoms with E-state index in [1.165, 1.54) is 6.08 Å². The van der Waals surface area contributed by atoms with E-state index in [0.29, 0.717) is 11.3 Å². The van der Waals surface area contributed by atoms with Crippen LogP contribution in [-0.2, 0) is 16.1 Å². The van der Waals surface area contributed by atoms with Crippen LogP contribution in [0.15, 0.2) is 78.3 Å². The molecule has 5 rings (SSSR count). The van der Waals surface area contributed by atoms with Gasteiger partial charge in [0.05, 0.1) is 23.6 Å². The second kappa shape index (κ2) is 10.9. The molecule has 1 aromatic heterocycles. The number of aromatic nitrogens is 1. The van der Waals surface area contributed by atoms with Crippen LogP contribution in [0.25, 0.3) is 27.4 Å². The fraction of sp³-hybridized carbons (Fsp3) is 0.233. The van der Waals surface area contributed by atoms with E-state index in [0.717, 1.165) is 65.1 Å². The molecule has 0 bridgehead atoms. The first-order valence-corrected chi connectivity index (χ1v) is 13.1. The molecule has 4 aromatic rings. The van der Waals surface area contributed by atoms with Crippen molar-refractivity contribution in [3.8, 4) is 11.1 Å². The van der Waals surface area contributed by atoms with Crippen LogP contribution in [0.2, 0.25) is 0 Å². The van der Waals surface area contributed by atoms with Crippen molar-refractivity contribution in [1.29, 1.82) is 0 Å². The van der Waals surface area contributed by atoms with E-state index in [9.17, 15) is 9.59 Å². The minimum absolute atomic E-state index is 0.0428. The molecule has 1 N–H and O–H groups in total. The minimum atomic E-state index is -1.03. The van der Waals surface area contributed by atoms with Gasteiger partial charge in [-0.1, -0.05) is 61.7 Å². The summed E-state index contributed by atoms with van der Waals surface area (Å²) in [5.41, 5.74) is 6.93. The molecular weight excluding hydrogens is 468 g/mol. The lowest BCUT2D eigenvalue weighted by Gasteiger charge is -2.30. The van der Waals surface area contributed by atoms with E-state index < -0.39 is 12.5 Å². The summed E-state index contributed by atoms with van der Waals surface area (Å²) in [7, 11) is 0. The number of hydrogen-bond donors (Lipinski definition) is 1. The molecule has 1 saturated carbocycles.